The van der Waals surface area contributed by atoms with Gasteiger partial charge in [0.25, 0.3) is 0 Å². The lowest BCUT2D eigenvalue weighted by Gasteiger charge is -2.16. The van der Waals surface area contributed by atoms with Crippen LogP contribution in [0.4, 0.5) is 0 Å². The van der Waals surface area contributed by atoms with Gasteiger partial charge in [-0.05, 0) is 32.2 Å². The molecule has 0 aromatic rings. The molecular weight excluding hydrogens is 236 g/mol. The number of hydrogen-bond donors (Lipinski definition) is 4. The van der Waals surface area contributed by atoms with Crippen molar-refractivity contribution in [1.29, 1.82) is 0 Å². The summed E-state index contributed by atoms with van der Waals surface area (Å²) in [5.41, 5.74) is 15.9. The average Bonchev–Trinajstić information content (AvgIpc) is 2.34. The van der Waals surface area contributed by atoms with Gasteiger partial charge in [0.2, 0.25) is 11.8 Å². The van der Waals surface area contributed by atoms with E-state index in [0.29, 0.717) is 19.3 Å². The molecule has 0 rings (SSSR count). The minimum Gasteiger partial charge on any atom is -0.370 e. The van der Waals surface area contributed by atoms with Crippen molar-refractivity contribution in [3.05, 3.63) is 0 Å². The van der Waals surface area contributed by atoms with E-state index in [2.05, 4.69) is 5.32 Å². The number of nitrogens with two attached hydrogens (primary N) is 3. The van der Waals surface area contributed by atoms with Gasteiger partial charge in [-0.25, -0.2) is 0 Å². The van der Waals surface area contributed by atoms with Gasteiger partial charge < -0.3 is 27.3 Å². The lowest BCUT2D eigenvalue weighted by molar-refractivity contribution is -0.125. The third-order valence-corrected chi connectivity index (χ3v) is 2.50. The SMILES string of the molecule is NCCCCC(C=O)NC(=O)C(N)CCC(N)=O. The highest BCUT2D eigenvalue weighted by Gasteiger charge is 2.17. The summed E-state index contributed by atoms with van der Waals surface area (Å²) in [5.74, 6) is -0.950. The van der Waals surface area contributed by atoms with Crippen molar-refractivity contribution < 1.29 is 14.4 Å². The largest absolute Gasteiger partial charge is 0.370 e. The summed E-state index contributed by atoms with van der Waals surface area (Å²) in [6.45, 7) is 0.553. The lowest BCUT2D eigenvalue weighted by Crippen LogP contribution is -2.46. The van der Waals surface area contributed by atoms with Gasteiger partial charge in [-0.2, -0.15) is 0 Å². The lowest BCUT2D eigenvalue weighted by atomic mass is 10.1. The molecule has 104 valence electrons. The third-order valence-electron chi connectivity index (χ3n) is 2.50. The number of nitrogens with one attached hydrogen (secondary N) is 1. The Kier molecular flexibility index (Phi) is 8.77. The molecule has 0 aliphatic heterocycles. The molecule has 2 amide bonds. The van der Waals surface area contributed by atoms with E-state index < -0.39 is 23.9 Å². The fraction of sp³-hybridized carbons (Fsp3) is 0.727. The number of carbonyl (C=O) groups is 3. The predicted molar refractivity (Wildman–Crippen MR) is 67.3 cm³/mol. The molecule has 7 nitrogen and oxygen atoms in total. The minimum absolute atomic E-state index is 0.0491. The Balaban J connectivity index is 4.00. The molecule has 2 unspecified atom stereocenters. The Labute approximate surface area is 106 Å². The number of hydrogen-bond acceptors (Lipinski definition) is 5. The highest BCUT2D eigenvalue weighted by molar-refractivity contribution is 5.85. The molecule has 0 spiro atoms. The maximum atomic E-state index is 11.6. The maximum absolute atomic E-state index is 11.6. The van der Waals surface area contributed by atoms with Crippen LogP contribution in [-0.4, -0.2) is 36.7 Å². The molecule has 0 radical (unpaired) electrons. The predicted octanol–water partition coefficient (Wildman–Crippen LogP) is -1.61. The molecule has 0 fully saturated rings. The van der Waals surface area contributed by atoms with E-state index in [-0.39, 0.29) is 12.8 Å². The summed E-state index contributed by atoms with van der Waals surface area (Å²) in [7, 11) is 0. The van der Waals surface area contributed by atoms with Crippen LogP contribution < -0.4 is 22.5 Å². The highest BCUT2D eigenvalue weighted by atomic mass is 16.2. The molecule has 0 bridgehead atoms. The number of carbonyl (C=O) groups excluding carboxylic acids is 3. The average molecular weight is 258 g/mol. The van der Waals surface area contributed by atoms with Gasteiger partial charge in [0.15, 0.2) is 0 Å². The second-order valence-corrected chi connectivity index (χ2v) is 4.15. The van der Waals surface area contributed by atoms with Crippen LogP contribution in [0.15, 0.2) is 0 Å². The summed E-state index contributed by atoms with van der Waals surface area (Å²) in [6, 6.07) is -1.38. The fourth-order valence-corrected chi connectivity index (χ4v) is 1.40. The van der Waals surface area contributed by atoms with E-state index in [4.69, 9.17) is 17.2 Å². The monoisotopic (exact) mass is 258 g/mol. The molecule has 0 heterocycles. The van der Waals surface area contributed by atoms with E-state index in [1.807, 2.05) is 0 Å². The van der Waals surface area contributed by atoms with E-state index in [0.717, 1.165) is 12.8 Å². The maximum Gasteiger partial charge on any atom is 0.237 e. The van der Waals surface area contributed by atoms with Crippen molar-refractivity contribution in [2.45, 2.75) is 44.2 Å². The van der Waals surface area contributed by atoms with Crippen molar-refractivity contribution in [2.24, 2.45) is 17.2 Å². The number of unbranched alkanes of at least 4 members (excludes halogenated alkanes) is 1. The molecule has 0 saturated heterocycles. The van der Waals surface area contributed by atoms with Gasteiger partial charge in [-0.3, -0.25) is 9.59 Å². The van der Waals surface area contributed by atoms with E-state index in [1.54, 1.807) is 0 Å². The second kappa shape index (κ2) is 9.55. The van der Waals surface area contributed by atoms with E-state index in [1.165, 1.54) is 0 Å². The molecule has 7 heteroatoms. The van der Waals surface area contributed by atoms with Gasteiger partial charge in [0.1, 0.15) is 6.29 Å². The smallest absolute Gasteiger partial charge is 0.237 e. The zero-order valence-corrected chi connectivity index (χ0v) is 10.4. The Hall–Kier alpha value is -1.47. The quantitative estimate of drug-likeness (QED) is 0.275. The van der Waals surface area contributed by atoms with Crippen molar-refractivity contribution in [3.63, 3.8) is 0 Å². The molecule has 0 aromatic heterocycles. The minimum atomic E-state index is -0.825. The Morgan fingerprint density at radius 1 is 1.22 bits per heavy atom. The summed E-state index contributed by atoms with van der Waals surface area (Å²) < 4.78 is 0. The highest BCUT2D eigenvalue weighted by Crippen LogP contribution is 2.00. The first-order chi connectivity index (χ1) is 8.51. The number of rotatable bonds is 10. The van der Waals surface area contributed by atoms with E-state index >= 15 is 0 Å². The first-order valence-corrected chi connectivity index (χ1v) is 6.00. The van der Waals surface area contributed by atoms with Crippen LogP contribution in [0.25, 0.3) is 0 Å². The Morgan fingerprint density at radius 3 is 2.39 bits per heavy atom. The van der Waals surface area contributed by atoms with Gasteiger partial charge >= 0.3 is 0 Å². The van der Waals surface area contributed by atoms with Crippen LogP contribution in [0.2, 0.25) is 0 Å². The van der Waals surface area contributed by atoms with Crippen LogP contribution in [-0.2, 0) is 14.4 Å². The summed E-state index contributed by atoms with van der Waals surface area (Å²) in [4.78, 5) is 32.9. The van der Waals surface area contributed by atoms with Crippen molar-refractivity contribution in [2.75, 3.05) is 6.54 Å². The van der Waals surface area contributed by atoms with Crippen LogP contribution in [0.3, 0.4) is 0 Å². The zero-order chi connectivity index (χ0) is 14.0. The summed E-state index contributed by atoms with van der Waals surface area (Å²) >= 11 is 0. The first-order valence-electron chi connectivity index (χ1n) is 6.00. The van der Waals surface area contributed by atoms with Crippen LogP contribution >= 0.6 is 0 Å². The fourth-order valence-electron chi connectivity index (χ4n) is 1.40. The number of aldehydes is 1. The molecule has 0 aromatic carbocycles. The number of primary amides is 1. The third kappa shape index (κ3) is 7.75. The van der Waals surface area contributed by atoms with Crippen LogP contribution in [0.5, 0.6) is 0 Å². The molecule has 2 atom stereocenters. The second-order valence-electron chi connectivity index (χ2n) is 4.15. The van der Waals surface area contributed by atoms with Crippen molar-refractivity contribution in [1.82, 2.24) is 5.32 Å². The van der Waals surface area contributed by atoms with Crippen molar-refractivity contribution in [3.8, 4) is 0 Å². The zero-order valence-electron chi connectivity index (χ0n) is 10.4. The normalized spacial score (nSPS) is 13.7. The molecule has 0 aliphatic carbocycles. The molecule has 0 aliphatic rings. The van der Waals surface area contributed by atoms with E-state index in [9.17, 15) is 14.4 Å². The Bertz CT molecular complexity index is 283. The molecular formula is C11H22N4O3. The van der Waals surface area contributed by atoms with Gasteiger partial charge in [0, 0.05) is 6.42 Å². The van der Waals surface area contributed by atoms with Gasteiger partial charge in [0.05, 0.1) is 12.1 Å². The number of amides is 2. The summed E-state index contributed by atoms with van der Waals surface area (Å²) in [5, 5.41) is 2.52. The van der Waals surface area contributed by atoms with Gasteiger partial charge in [-0.1, -0.05) is 0 Å². The molecule has 0 saturated carbocycles. The standard InChI is InChI=1S/C11H22N4O3/c12-6-2-1-3-8(7-16)15-11(18)9(13)4-5-10(14)17/h7-9H,1-6,12-13H2,(H2,14,17)(H,15,18). The van der Waals surface area contributed by atoms with Gasteiger partial charge in [-0.15, -0.1) is 0 Å². The van der Waals surface area contributed by atoms with Crippen molar-refractivity contribution >= 4 is 18.1 Å². The topological polar surface area (TPSA) is 141 Å². The Morgan fingerprint density at radius 2 is 1.89 bits per heavy atom. The summed E-state index contributed by atoms with van der Waals surface area (Å²) in [6.07, 6.45) is 3.00. The molecule has 18 heavy (non-hydrogen) atoms. The van der Waals surface area contributed by atoms with Crippen LogP contribution in [0, 0.1) is 0 Å². The molecule has 7 N–H and O–H groups in total. The first kappa shape index (κ1) is 16.5. The van der Waals surface area contributed by atoms with Crippen LogP contribution in [0.1, 0.15) is 32.1 Å².